The van der Waals surface area contributed by atoms with Crippen LogP contribution >= 0.6 is 11.6 Å². The average Bonchev–Trinajstić information content (AvgIpc) is 2.73. The maximum atomic E-state index is 12.9. The van der Waals surface area contributed by atoms with E-state index in [1.807, 2.05) is 45.0 Å². The molecule has 1 aliphatic rings. The quantitative estimate of drug-likeness (QED) is 0.323. The Morgan fingerprint density at radius 1 is 1.18 bits per heavy atom. The molecule has 180 valence electrons. The number of sulfonamides is 1. The van der Waals surface area contributed by atoms with Gasteiger partial charge in [0.1, 0.15) is 11.1 Å². The number of hydrogen-bond donors (Lipinski definition) is 3. The van der Waals surface area contributed by atoms with Gasteiger partial charge in [-0.3, -0.25) is 10.2 Å². The van der Waals surface area contributed by atoms with Crippen molar-refractivity contribution in [3.8, 4) is 0 Å². The van der Waals surface area contributed by atoms with Crippen LogP contribution in [0.15, 0.2) is 53.4 Å². The number of carbonyl (C=O) groups excluding carboxylic acids is 1. The Balaban J connectivity index is 1.77. The highest BCUT2D eigenvalue weighted by molar-refractivity contribution is 7.89. The highest BCUT2D eigenvalue weighted by Crippen LogP contribution is 2.29. The number of nitrogens with zero attached hydrogens (tertiary/aromatic N) is 1. The van der Waals surface area contributed by atoms with Crippen LogP contribution in [0.4, 0.5) is 4.79 Å². The van der Waals surface area contributed by atoms with Crippen molar-refractivity contribution in [2.45, 2.75) is 56.3 Å². The molecule has 2 atom stereocenters. The summed E-state index contributed by atoms with van der Waals surface area (Å²) < 4.78 is 30.9. The lowest BCUT2D eigenvalue weighted by molar-refractivity contribution is 0.0102. The summed E-state index contributed by atoms with van der Waals surface area (Å²) in [6, 6.07) is 14.0. The largest absolute Gasteiger partial charge is 0.444 e. The van der Waals surface area contributed by atoms with Crippen LogP contribution in [0.25, 0.3) is 0 Å². The fraction of sp³-hybridized carbons (Fsp3) is 0.435. The van der Waals surface area contributed by atoms with Crippen LogP contribution in [-0.4, -0.2) is 43.6 Å². The lowest BCUT2D eigenvalue weighted by Crippen LogP contribution is -2.53. The van der Waals surface area contributed by atoms with Gasteiger partial charge in [-0.15, -0.1) is 16.4 Å². The minimum atomic E-state index is -3.73. The fourth-order valence-electron chi connectivity index (χ4n) is 3.67. The number of hydrogen-bond acceptors (Lipinski definition) is 6. The highest BCUT2D eigenvalue weighted by atomic mass is 35.5. The molecule has 10 heteroatoms. The Morgan fingerprint density at radius 2 is 1.85 bits per heavy atom. The number of nitrogens with one attached hydrogen (secondary N) is 3. The Kier molecular flexibility index (Phi) is 8.02. The summed E-state index contributed by atoms with van der Waals surface area (Å²) >= 11 is 6.27. The molecule has 0 bridgehead atoms. The summed E-state index contributed by atoms with van der Waals surface area (Å²) in [5.41, 5.74) is 4.17. The van der Waals surface area contributed by atoms with Gasteiger partial charge >= 0.3 is 6.09 Å². The third-order valence-electron chi connectivity index (χ3n) is 5.18. The zero-order valence-electron chi connectivity index (χ0n) is 19.3. The molecule has 1 fully saturated rings. The van der Waals surface area contributed by atoms with Gasteiger partial charge in [-0.2, -0.15) is 0 Å². The van der Waals surface area contributed by atoms with Gasteiger partial charge in [-0.25, -0.2) is 18.6 Å². The second-order valence-corrected chi connectivity index (χ2v) is 11.1. The van der Waals surface area contributed by atoms with Crippen molar-refractivity contribution in [3.05, 3.63) is 65.2 Å². The van der Waals surface area contributed by atoms with E-state index in [1.165, 1.54) is 0 Å². The van der Waals surface area contributed by atoms with Crippen molar-refractivity contribution >= 4 is 27.7 Å². The topological polar surface area (TPSA) is 99.8 Å². The molecule has 0 radical (unpaired) electrons. The van der Waals surface area contributed by atoms with Crippen LogP contribution < -0.4 is 15.6 Å². The van der Waals surface area contributed by atoms with E-state index in [1.54, 1.807) is 36.1 Å². The normalized spacial score (nSPS) is 19.4. The number of hydrazine groups is 1. The number of aryl methyl sites for hydroxylation is 1. The lowest BCUT2D eigenvalue weighted by Gasteiger charge is -2.40. The minimum Gasteiger partial charge on any atom is -0.444 e. The first-order chi connectivity index (χ1) is 15.5. The summed E-state index contributed by atoms with van der Waals surface area (Å²) in [6.07, 6.45) is -0.442. The van der Waals surface area contributed by atoms with Crippen LogP contribution in [0, 0.1) is 6.92 Å². The number of ether oxygens (including phenoxy) is 1. The van der Waals surface area contributed by atoms with E-state index >= 15 is 0 Å². The minimum absolute atomic E-state index is 0.214. The Hall–Kier alpha value is -2.17. The Labute approximate surface area is 200 Å². The van der Waals surface area contributed by atoms with Gasteiger partial charge in [0.2, 0.25) is 0 Å². The third-order valence-corrected chi connectivity index (χ3v) is 6.92. The molecule has 1 amide bonds. The van der Waals surface area contributed by atoms with Gasteiger partial charge < -0.3 is 4.74 Å². The van der Waals surface area contributed by atoms with Crippen molar-refractivity contribution in [3.63, 3.8) is 0 Å². The SMILES string of the molecule is Cc1ccccc1S(=O)(=O)NNCc1ccccc1C1CNC(Cl)CN1C(=O)OC(C)(C)C. The van der Waals surface area contributed by atoms with Crippen LogP contribution in [0.3, 0.4) is 0 Å². The van der Waals surface area contributed by atoms with E-state index in [0.29, 0.717) is 12.1 Å². The molecule has 1 saturated heterocycles. The number of alkyl halides is 1. The monoisotopic (exact) mass is 494 g/mol. The summed E-state index contributed by atoms with van der Waals surface area (Å²) in [7, 11) is -3.73. The van der Waals surface area contributed by atoms with Crippen LogP contribution in [0.1, 0.15) is 43.5 Å². The molecule has 0 aromatic heterocycles. The molecule has 0 saturated carbocycles. The molecule has 33 heavy (non-hydrogen) atoms. The average molecular weight is 495 g/mol. The van der Waals surface area contributed by atoms with Crippen LogP contribution in [0.5, 0.6) is 0 Å². The molecule has 2 aromatic carbocycles. The first-order valence-corrected chi connectivity index (χ1v) is 12.6. The van der Waals surface area contributed by atoms with Crippen molar-refractivity contribution < 1.29 is 17.9 Å². The number of piperazine rings is 1. The number of benzene rings is 2. The Morgan fingerprint density at radius 3 is 2.55 bits per heavy atom. The van der Waals surface area contributed by atoms with E-state index < -0.39 is 21.7 Å². The Bertz CT molecular complexity index is 1090. The zero-order chi connectivity index (χ0) is 24.2. The third kappa shape index (κ3) is 6.68. The molecular weight excluding hydrogens is 464 g/mol. The zero-order valence-corrected chi connectivity index (χ0v) is 20.8. The number of carbonyl (C=O) groups is 1. The van der Waals surface area contributed by atoms with Crippen molar-refractivity contribution in [2.24, 2.45) is 0 Å². The summed E-state index contributed by atoms with van der Waals surface area (Å²) in [5.74, 6) is 0. The second kappa shape index (κ2) is 10.4. The van der Waals surface area contributed by atoms with Gasteiger partial charge in [-0.1, -0.05) is 42.5 Å². The number of rotatable bonds is 6. The molecule has 3 N–H and O–H groups in total. The van der Waals surface area contributed by atoms with Gasteiger partial charge in [0.15, 0.2) is 0 Å². The van der Waals surface area contributed by atoms with Gasteiger partial charge in [0, 0.05) is 13.1 Å². The van der Waals surface area contributed by atoms with E-state index in [4.69, 9.17) is 16.3 Å². The van der Waals surface area contributed by atoms with Crippen molar-refractivity contribution in [1.29, 1.82) is 0 Å². The number of amides is 1. The van der Waals surface area contributed by atoms with E-state index in [0.717, 1.165) is 11.1 Å². The van der Waals surface area contributed by atoms with Crippen molar-refractivity contribution in [1.82, 2.24) is 20.5 Å². The standard InChI is InChI=1S/C23H31ClN4O4S/c1-16-9-5-8-12-20(16)33(30,31)27-26-13-17-10-6-7-11-18(17)19-14-25-21(24)15-28(19)22(29)32-23(2,3)4/h5-12,19,21,25-27H,13-15H2,1-4H3. The maximum absolute atomic E-state index is 12.9. The van der Waals surface area contributed by atoms with E-state index in [2.05, 4.69) is 15.6 Å². The van der Waals surface area contributed by atoms with Crippen LogP contribution in [-0.2, 0) is 21.3 Å². The van der Waals surface area contributed by atoms with Crippen molar-refractivity contribution in [2.75, 3.05) is 13.1 Å². The van der Waals surface area contributed by atoms with Gasteiger partial charge in [0.05, 0.1) is 17.5 Å². The van der Waals surface area contributed by atoms with E-state index in [9.17, 15) is 13.2 Å². The molecule has 8 nitrogen and oxygen atoms in total. The summed E-state index contributed by atoms with van der Waals surface area (Å²) in [5, 5.41) is 3.20. The molecular formula is C23H31ClN4O4S. The number of halogens is 1. The molecule has 3 rings (SSSR count). The lowest BCUT2D eigenvalue weighted by atomic mass is 9.97. The fourth-order valence-corrected chi connectivity index (χ4v) is 5.03. The first-order valence-electron chi connectivity index (χ1n) is 10.7. The molecule has 0 spiro atoms. The highest BCUT2D eigenvalue weighted by Gasteiger charge is 2.35. The predicted molar refractivity (Wildman–Crippen MR) is 128 cm³/mol. The molecule has 1 heterocycles. The van der Waals surface area contributed by atoms with E-state index in [-0.39, 0.29) is 29.5 Å². The molecule has 1 aliphatic heterocycles. The summed E-state index contributed by atoms with van der Waals surface area (Å²) in [4.78, 5) is 17.2. The van der Waals surface area contributed by atoms with Crippen LogP contribution in [0.2, 0.25) is 0 Å². The predicted octanol–water partition coefficient (Wildman–Crippen LogP) is 3.42. The maximum Gasteiger partial charge on any atom is 0.410 e. The van der Waals surface area contributed by atoms with Gasteiger partial charge in [0.25, 0.3) is 10.0 Å². The summed E-state index contributed by atoms with van der Waals surface area (Å²) in [6.45, 7) is 8.15. The molecule has 2 aromatic rings. The van der Waals surface area contributed by atoms with Gasteiger partial charge in [-0.05, 0) is 50.5 Å². The molecule has 2 unspecified atom stereocenters. The molecule has 0 aliphatic carbocycles. The first kappa shape index (κ1) is 25.5. The smallest absolute Gasteiger partial charge is 0.410 e. The second-order valence-electron chi connectivity index (χ2n) is 8.95.